The molecule has 1 aliphatic heterocycles. The molecular weight excluding hydrogens is 430 g/mol. The summed E-state index contributed by atoms with van der Waals surface area (Å²) < 4.78 is 0. The van der Waals surface area contributed by atoms with Crippen molar-refractivity contribution in [2.24, 2.45) is 0 Å². The van der Waals surface area contributed by atoms with Gasteiger partial charge in [-0.2, -0.15) is 0 Å². The third-order valence-corrected chi connectivity index (χ3v) is 5.87. The number of thioether (sulfide) groups is 1. The molecule has 1 N–H and O–H groups in total. The van der Waals surface area contributed by atoms with Gasteiger partial charge in [0.2, 0.25) is 0 Å². The summed E-state index contributed by atoms with van der Waals surface area (Å²) in [6, 6.07) is 19.3. The van der Waals surface area contributed by atoms with Gasteiger partial charge < -0.3 is 5.32 Å². The van der Waals surface area contributed by atoms with Crippen molar-refractivity contribution in [1.29, 1.82) is 0 Å². The monoisotopic (exact) mass is 447 g/mol. The van der Waals surface area contributed by atoms with Crippen LogP contribution in [0.5, 0.6) is 0 Å². The minimum atomic E-state index is -0.523. The number of hydrogen-bond acceptors (Lipinski definition) is 6. The summed E-state index contributed by atoms with van der Waals surface area (Å²) in [5.41, 5.74) is 1.65. The molecule has 3 aromatic carbocycles. The van der Waals surface area contributed by atoms with Gasteiger partial charge in [-0.05, 0) is 42.5 Å². The molecule has 8 nitrogen and oxygen atoms in total. The molecule has 9 heteroatoms. The Morgan fingerprint density at radius 3 is 2.22 bits per heavy atom. The molecule has 0 bridgehead atoms. The van der Waals surface area contributed by atoms with Crippen LogP contribution < -0.4 is 5.32 Å². The molecule has 0 saturated carbocycles. The fourth-order valence-electron chi connectivity index (χ4n) is 3.30. The van der Waals surface area contributed by atoms with Crippen LogP contribution in [-0.2, 0) is 0 Å². The highest BCUT2D eigenvalue weighted by Crippen LogP contribution is 2.26. The number of amides is 3. The third-order valence-electron chi connectivity index (χ3n) is 4.89. The Balaban J connectivity index is 1.34. The molecule has 0 radical (unpaired) electrons. The summed E-state index contributed by atoms with van der Waals surface area (Å²) in [5.74, 6) is -0.440. The number of non-ortho nitro benzene ring substituents is 1. The van der Waals surface area contributed by atoms with Gasteiger partial charge in [-0.3, -0.25) is 29.4 Å². The van der Waals surface area contributed by atoms with E-state index in [0.29, 0.717) is 28.1 Å². The maximum atomic E-state index is 12.4. The van der Waals surface area contributed by atoms with Crippen molar-refractivity contribution in [2.45, 2.75) is 4.90 Å². The Bertz CT molecular complexity index is 1190. The molecule has 160 valence electrons. The first-order valence-electron chi connectivity index (χ1n) is 9.68. The van der Waals surface area contributed by atoms with Gasteiger partial charge in [-0.1, -0.05) is 18.2 Å². The van der Waals surface area contributed by atoms with Gasteiger partial charge in [0.25, 0.3) is 23.4 Å². The molecule has 0 atom stereocenters. The van der Waals surface area contributed by atoms with Gasteiger partial charge in [-0.25, -0.2) is 0 Å². The largest absolute Gasteiger partial charge is 0.322 e. The second-order valence-corrected chi connectivity index (χ2v) is 8.11. The molecular formula is C23H17N3O5S. The van der Waals surface area contributed by atoms with Crippen molar-refractivity contribution < 1.29 is 19.3 Å². The molecule has 0 unspecified atom stereocenters. The average Bonchev–Trinajstić information content (AvgIpc) is 3.04. The number of nitro groups is 1. The van der Waals surface area contributed by atoms with Crippen LogP contribution in [0.4, 0.5) is 11.4 Å². The lowest BCUT2D eigenvalue weighted by Gasteiger charge is -2.13. The van der Waals surface area contributed by atoms with Gasteiger partial charge in [0, 0.05) is 40.6 Å². The van der Waals surface area contributed by atoms with E-state index in [1.54, 1.807) is 42.5 Å². The number of rotatable bonds is 7. The molecule has 0 spiro atoms. The number of benzene rings is 3. The van der Waals surface area contributed by atoms with Crippen molar-refractivity contribution in [3.63, 3.8) is 0 Å². The van der Waals surface area contributed by atoms with Crippen LogP contribution >= 0.6 is 11.8 Å². The summed E-state index contributed by atoms with van der Waals surface area (Å²) in [7, 11) is 0. The zero-order valence-corrected chi connectivity index (χ0v) is 17.5. The lowest BCUT2D eigenvalue weighted by molar-refractivity contribution is -0.384. The Kier molecular flexibility index (Phi) is 6.00. The molecule has 3 amide bonds. The summed E-state index contributed by atoms with van der Waals surface area (Å²) in [5, 5.41) is 13.5. The number of nitro benzene ring substituents is 1. The number of nitrogens with one attached hydrogen (secondary N) is 1. The number of fused-ring (bicyclic) bond motifs is 1. The van der Waals surface area contributed by atoms with E-state index in [4.69, 9.17) is 0 Å². The normalized spacial score (nSPS) is 12.6. The molecule has 4 rings (SSSR count). The summed E-state index contributed by atoms with van der Waals surface area (Å²) in [6.45, 7) is 0.274. The van der Waals surface area contributed by atoms with Gasteiger partial charge in [0.1, 0.15) is 0 Å². The standard InChI is InChI=1S/C23H17N3O5S/c27-21(15-8-10-17(11-9-15)26(30)31)24-16-4-3-5-18(14-16)32-13-12-25-22(28)19-6-1-2-7-20(19)23(25)29/h1-11,14H,12-13H2,(H,24,27). The molecule has 0 aliphatic carbocycles. The molecule has 1 aliphatic rings. The Labute approximate surface area is 187 Å². The molecule has 0 fully saturated rings. The number of hydrogen-bond donors (Lipinski definition) is 1. The predicted octanol–water partition coefficient (Wildman–Crippen LogP) is 4.24. The first-order valence-corrected chi connectivity index (χ1v) is 10.7. The maximum Gasteiger partial charge on any atom is 0.269 e. The van der Waals surface area contributed by atoms with E-state index in [1.807, 2.05) is 6.07 Å². The van der Waals surface area contributed by atoms with Crippen LogP contribution in [0.2, 0.25) is 0 Å². The Morgan fingerprint density at radius 2 is 1.59 bits per heavy atom. The molecule has 0 aromatic heterocycles. The molecule has 32 heavy (non-hydrogen) atoms. The van der Waals surface area contributed by atoms with Crippen LogP contribution in [0.25, 0.3) is 0 Å². The van der Waals surface area contributed by atoms with Crippen molar-refractivity contribution >= 4 is 40.9 Å². The van der Waals surface area contributed by atoms with E-state index in [0.717, 1.165) is 4.90 Å². The van der Waals surface area contributed by atoms with E-state index in [2.05, 4.69) is 5.32 Å². The fourth-order valence-corrected chi connectivity index (χ4v) is 4.19. The van der Waals surface area contributed by atoms with E-state index in [-0.39, 0.29) is 30.0 Å². The van der Waals surface area contributed by atoms with Gasteiger partial charge in [-0.15, -0.1) is 11.8 Å². The zero-order valence-electron chi connectivity index (χ0n) is 16.7. The van der Waals surface area contributed by atoms with Gasteiger partial charge in [0.15, 0.2) is 0 Å². The van der Waals surface area contributed by atoms with Gasteiger partial charge in [0.05, 0.1) is 16.1 Å². The lowest BCUT2D eigenvalue weighted by atomic mass is 10.1. The van der Waals surface area contributed by atoms with E-state index in [1.165, 1.54) is 40.9 Å². The fraction of sp³-hybridized carbons (Fsp3) is 0.0870. The smallest absolute Gasteiger partial charge is 0.269 e. The van der Waals surface area contributed by atoms with E-state index < -0.39 is 4.92 Å². The minimum Gasteiger partial charge on any atom is -0.322 e. The van der Waals surface area contributed by atoms with Gasteiger partial charge >= 0.3 is 0 Å². The number of carbonyl (C=O) groups excluding carboxylic acids is 3. The van der Waals surface area contributed by atoms with Crippen LogP contribution in [0.3, 0.4) is 0 Å². The Morgan fingerprint density at radius 1 is 0.938 bits per heavy atom. The minimum absolute atomic E-state index is 0.0852. The maximum absolute atomic E-state index is 12.4. The van der Waals surface area contributed by atoms with Crippen molar-refractivity contribution in [3.8, 4) is 0 Å². The molecule has 3 aromatic rings. The van der Waals surface area contributed by atoms with Crippen molar-refractivity contribution in [1.82, 2.24) is 4.90 Å². The van der Waals surface area contributed by atoms with E-state index >= 15 is 0 Å². The van der Waals surface area contributed by atoms with Crippen LogP contribution in [0, 0.1) is 10.1 Å². The zero-order chi connectivity index (χ0) is 22.7. The SMILES string of the molecule is O=C(Nc1cccc(SCCN2C(=O)c3ccccc3C2=O)c1)c1ccc([N+](=O)[O-])cc1. The first-order chi connectivity index (χ1) is 15.4. The average molecular weight is 447 g/mol. The third kappa shape index (κ3) is 4.37. The number of nitrogens with zero attached hydrogens (tertiary/aromatic N) is 2. The van der Waals surface area contributed by atoms with Crippen molar-refractivity contribution in [2.75, 3.05) is 17.6 Å². The summed E-state index contributed by atoms with van der Waals surface area (Å²) >= 11 is 1.46. The quantitative estimate of drug-likeness (QED) is 0.251. The number of carbonyl (C=O) groups is 3. The predicted molar refractivity (Wildman–Crippen MR) is 120 cm³/mol. The summed E-state index contributed by atoms with van der Waals surface area (Å²) in [4.78, 5) is 49.6. The van der Waals surface area contributed by atoms with Crippen LogP contribution in [0.1, 0.15) is 31.1 Å². The highest BCUT2D eigenvalue weighted by atomic mass is 32.2. The number of anilines is 1. The second kappa shape index (κ2) is 9.03. The lowest BCUT2D eigenvalue weighted by Crippen LogP contribution is -2.31. The highest BCUT2D eigenvalue weighted by Gasteiger charge is 2.34. The van der Waals surface area contributed by atoms with E-state index in [9.17, 15) is 24.5 Å². The topological polar surface area (TPSA) is 110 Å². The number of imide groups is 1. The molecule has 0 saturated heterocycles. The molecule has 1 heterocycles. The van der Waals surface area contributed by atoms with Crippen LogP contribution in [-0.4, -0.2) is 39.8 Å². The first kappa shape index (κ1) is 21.3. The highest BCUT2D eigenvalue weighted by molar-refractivity contribution is 7.99. The second-order valence-electron chi connectivity index (χ2n) is 6.94. The van der Waals surface area contributed by atoms with Crippen molar-refractivity contribution in [3.05, 3.63) is 99.6 Å². The van der Waals surface area contributed by atoms with Crippen LogP contribution in [0.15, 0.2) is 77.7 Å². The summed E-state index contributed by atoms with van der Waals surface area (Å²) in [6.07, 6.45) is 0. The Hall–Kier alpha value is -3.98.